The zero-order valence-corrected chi connectivity index (χ0v) is 11.6. The van der Waals surface area contributed by atoms with E-state index in [0.717, 1.165) is 18.7 Å². The van der Waals surface area contributed by atoms with Crippen LogP contribution < -0.4 is 10.9 Å². The lowest BCUT2D eigenvalue weighted by molar-refractivity contribution is 0.728. The molecule has 96 valence electrons. The largest absolute Gasteiger partial charge is 0.379 e. The molecule has 0 fully saturated rings. The summed E-state index contributed by atoms with van der Waals surface area (Å²) in [5, 5.41) is 3.35. The molecule has 0 atom stereocenters. The first-order valence-electron chi connectivity index (χ1n) is 6.25. The number of rotatable bonds is 5. The minimum absolute atomic E-state index is 0.0486. The highest BCUT2D eigenvalue weighted by Gasteiger charge is 2.00. The second kappa shape index (κ2) is 5.87. The Bertz CT molecular complexity index is 571. The van der Waals surface area contributed by atoms with Gasteiger partial charge in [-0.25, -0.2) is 0 Å². The van der Waals surface area contributed by atoms with Crippen molar-refractivity contribution in [1.29, 1.82) is 0 Å². The summed E-state index contributed by atoms with van der Waals surface area (Å²) in [6.07, 6.45) is 2.96. The van der Waals surface area contributed by atoms with Gasteiger partial charge in [-0.05, 0) is 31.5 Å². The molecule has 0 amide bonds. The number of hydrogen-bond donors (Lipinski definition) is 1. The molecule has 2 aromatic rings. The van der Waals surface area contributed by atoms with Gasteiger partial charge in [-0.2, -0.15) is 0 Å². The fourth-order valence-electron chi connectivity index (χ4n) is 1.78. The summed E-state index contributed by atoms with van der Waals surface area (Å²) in [4.78, 5) is 14.2. The van der Waals surface area contributed by atoms with Crippen molar-refractivity contribution in [3.05, 3.63) is 50.6 Å². The third-order valence-corrected chi connectivity index (χ3v) is 4.09. The molecule has 2 heterocycles. The van der Waals surface area contributed by atoms with Gasteiger partial charge in [0.25, 0.3) is 5.56 Å². The molecule has 2 rings (SSSR count). The zero-order chi connectivity index (χ0) is 13.0. The van der Waals surface area contributed by atoms with E-state index in [1.807, 2.05) is 30.5 Å². The lowest BCUT2D eigenvalue weighted by atomic mass is 10.3. The second-order valence-corrected chi connectivity index (χ2v) is 5.37. The number of nitrogens with zero attached hydrogens (tertiary/aromatic N) is 1. The van der Waals surface area contributed by atoms with Crippen LogP contribution in [0.5, 0.6) is 0 Å². The maximum atomic E-state index is 11.5. The normalized spacial score (nSPS) is 10.6. The van der Waals surface area contributed by atoms with E-state index in [4.69, 9.17) is 0 Å². The first-order chi connectivity index (χ1) is 8.72. The maximum absolute atomic E-state index is 11.5. The molecule has 0 aliphatic heterocycles. The monoisotopic (exact) mass is 262 g/mol. The van der Waals surface area contributed by atoms with Crippen LogP contribution in [0.15, 0.2) is 35.3 Å². The minimum atomic E-state index is 0.0486. The average Bonchev–Trinajstić information content (AvgIpc) is 2.86. The van der Waals surface area contributed by atoms with E-state index in [1.165, 1.54) is 9.75 Å². The summed E-state index contributed by atoms with van der Waals surface area (Å²) >= 11 is 1.83. The first kappa shape index (κ1) is 12.9. The fourth-order valence-corrected chi connectivity index (χ4v) is 2.68. The molecule has 2 aromatic heterocycles. The van der Waals surface area contributed by atoms with Gasteiger partial charge in [0.05, 0.1) is 5.69 Å². The van der Waals surface area contributed by atoms with E-state index in [2.05, 4.69) is 24.4 Å². The molecule has 0 bridgehead atoms. The van der Waals surface area contributed by atoms with Gasteiger partial charge in [0.2, 0.25) is 0 Å². The summed E-state index contributed by atoms with van der Waals surface area (Å²) in [5.41, 5.74) is 1.04. The molecular formula is C14H18N2OS. The van der Waals surface area contributed by atoms with Crippen molar-refractivity contribution in [1.82, 2.24) is 4.57 Å². The molecule has 0 saturated carbocycles. The standard InChI is InChI=1S/C14H18N2OS/c1-3-12-6-7-13(18-12)9-15-11-5-8-14(17)16(4-2)10-11/h5-8,10,15H,3-4,9H2,1-2H3. The Kier molecular flexibility index (Phi) is 4.20. The van der Waals surface area contributed by atoms with Gasteiger partial charge in [0.1, 0.15) is 0 Å². The van der Waals surface area contributed by atoms with Crippen LogP contribution in [0.3, 0.4) is 0 Å². The minimum Gasteiger partial charge on any atom is -0.379 e. The summed E-state index contributed by atoms with van der Waals surface area (Å²) in [6.45, 7) is 5.65. The molecule has 0 radical (unpaired) electrons. The van der Waals surface area contributed by atoms with Crippen LogP contribution in [0.2, 0.25) is 0 Å². The van der Waals surface area contributed by atoms with Crippen LogP contribution >= 0.6 is 11.3 Å². The van der Waals surface area contributed by atoms with Crippen molar-refractivity contribution in [3.63, 3.8) is 0 Å². The number of aryl methyl sites for hydroxylation is 2. The molecule has 1 N–H and O–H groups in total. The first-order valence-corrected chi connectivity index (χ1v) is 7.06. The predicted octanol–water partition coefficient (Wildman–Crippen LogP) is 3.10. The molecule has 0 aromatic carbocycles. The van der Waals surface area contributed by atoms with Crippen LogP contribution in [0, 0.1) is 0 Å². The molecule has 0 saturated heterocycles. The van der Waals surface area contributed by atoms with Crippen molar-refractivity contribution >= 4 is 17.0 Å². The summed E-state index contributed by atoms with van der Waals surface area (Å²) < 4.78 is 1.70. The summed E-state index contributed by atoms with van der Waals surface area (Å²) in [5.74, 6) is 0. The number of pyridine rings is 1. The third kappa shape index (κ3) is 3.01. The number of aromatic nitrogens is 1. The van der Waals surface area contributed by atoms with Gasteiger partial charge < -0.3 is 9.88 Å². The Balaban J connectivity index is 2.03. The fraction of sp³-hybridized carbons (Fsp3) is 0.357. The number of thiophene rings is 1. The van der Waals surface area contributed by atoms with Gasteiger partial charge in [-0.1, -0.05) is 6.92 Å². The van der Waals surface area contributed by atoms with Gasteiger partial charge in [0, 0.05) is 35.1 Å². The van der Waals surface area contributed by atoms with Gasteiger partial charge in [-0.3, -0.25) is 4.79 Å². The van der Waals surface area contributed by atoms with Crippen molar-refractivity contribution in [2.45, 2.75) is 33.4 Å². The SMILES string of the molecule is CCc1ccc(CNc2ccc(=O)n(CC)c2)s1. The molecule has 0 aliphatic carbocycles. The molecular weight excluding hydrogens is 244 g/mol. The van der Waals surface area contributed by atoms with Crippen LogP contribution in [-0.2, 0) is 19.5 Å². The average molecular weight is 262 g/mol. The highest BCUT2D eigenvalue weighted by molar-refractivity contribution is 7.12. The number of hydrogen-bond acceptors (Lipinski definition) is 3. The van der Waals surface area contributed by atoms with E-state index < -0.39 is 0 Å². The Hall–Kier alpha value is -1.55. The van der Waals surface area contributed by atoms with E-state index in [1.54, 1.807) is 10.6 Å². The van der Waals surface area contributed by atoms with Crippen molar-refractivity contribution in [2.75, 3.05) is 5.32 Å². The van der Waals surface area contributed by atoms with E-state index >= 15 is 0 Å². The summed E-state index contributed by atoms with van der Waals surface area (Å²) in [6, 6.07) is 7.78. The Morgan fingerprint density at radius 2 is 1.94 bits per heavy atom. The third-order valence-electron chi connectivity index (χ3n) is 2.86. The quantitative estimate of drug-likeness (QED) is 0.898. The molecule has 0 aliphatic rings. The predicted molar refractivity (Wildman–Crippen MR) is 77.4 cm³/mol. The van der Waals surface area contributed by atoms with Crippen LogP contribution in [0.4, 0.5) is 5.69 Å². The lowest BCUT2D eigenvalue weighted by Gasteiger charge is -2.07. The second-order valence-electron chi connectivity index (χ2n) is 4.12. The zero-order valence-electron chi connectivity index (χ0n) is 10.8. The summed E-state index contributed by atoms with van der Waals surface area (Å²) in [7, 11) is 0. The number of nitrogens with one attached hydrogen (secondary N) is 1. The van der Waals surface area contributed by atoms with Gasteiger partial charge in [-0.15, -0.1) is 11.3 Å². The highest BCUT2D eigenvalue weighted by atomic mass is 32.1. The molecule has 18 heavy (non-hydrogen) atoms. The van der Waals surface area contributed by atoms with E-state index in [0.29, 0.717) is 6.54 Å². The van der Waals surface area contributed by atoms with E-state index in [9.17, 15) is 4.79 Å². The van der Waals surface area contributed by atoms with Crippen LogP contribution in [0.25, 0.3) is 0 Å². The maximum Gasteiger partial charge on any atom is 0.250 e. The van der Waals surface area contributed by atoms with Gasteiger partial charge in [0.15, 0.2) is 0 Å². The van der Waals surface area contributed by atoms with Crippen LogP contribution in [-0.4, -0.2) is 4.57 Å². The van der Waals surface area contributed by atoms with E-state index in [-0.39, 0.29) is 5.56 Å². The Labute approximate surface area is 111 Å². The van der Waals surface area contributed by atoms with Gasteiger partial charge >= 0.3 is 0 Å². The van der Waals surface area contributed by atoms with Crippen molar-refractivity contribution in [3.8, 4) is 0 Å². The molecule has 4 heteroatoms. The topological polar surface area (TPSA) is 34.0 Å². The van der Waals surface area contributed by atoms with Crippen LogP contribution in [0.1, 0.15) is 23.6 Å². The molecule has 3 nitrogen and oxygen atoms in total. The number of anilines is 1. The van der Waals surface area contributed by atoms with Crippen molar-refractivity contribution in [2.24, 2.45) is 0 Å². The molecule has 0 unspecified atom stereocenters. The Morgan fingerprint density at radius 1 is 1.17 bits per heavy atom. The Morgan fingerprint density at radius 3 is 2.61 bits per heavy atom. The lowest BCUT2D eigenvalue weighted by Crippen LogP contribution is -2.17. The highest BCUT2D eigenvalue weighted by Crippen LogP contribution is 2.18. The smallest absolute Gasteiger partial charge is 0.250 e. The molecule has 0 spiro atoms. The van der Waals surface area contributed by atoms with Crippen molar-refractivity contribution < 1.29 is 0 Å².